The summed E-state index contributed by atoms with van der Waals surface area (Å²) >= 11 is 0. The highest BCUT2D eigenvalue weighted by Gasteiger charge is 1.69. The van der Waals surface area contributed by atoms with Gasteiger partial charge in [0, 0.05) is 6.10 Å². The average Bonchev–Trinajstić information content (AvgIpc) is 0.811. The number of rotatable bonds is 0. The summed E-state index contributed by atoms with van der Waals surface area (Å²) in [5.41, 5.74) is 0. The molecule has 0 saturated heterocycles. The van der Waals surface area contributed by atoms with Crippen LogP contribution in [-0.4, -0.2) is 11.2 Å². The van der Waals surface area contributed by atoms with Crippen molar-refractivity contribution in [2.24, 2.45) is 0 Å². The van der Waals surface area contributed by atoms with Gasteiger partial charge in [0.2, 0.25) is 0 Å². The molecule has 0 atom stereocenters. The summed E-state index contributed by atoms with van der Waals surface area (Å²) in [6, 6.07) is 0. The van der Waals surface area contributed by atoms with Gasteiger partial charge in [0.15, 0.2) is 0 Å². The molecule has 0 heterocycles. The third-order valence-electron chi connectivity index (χ3n) is 0. The standard InChI is InChI=1S/C3H8O.CH/c1-3(2)4;/h3-4H,1-2H3;1H. The quantitative estimate of drug-likeness (QED) is 0.445. The van der Waals surface area contributed by atoms with Crippen LogP contribution < -0.4 is 0 Å². The zero-order valence-electron chi connectivity index (χ0n) is 3.60. The molecule has 0 aliphatic carbocycles. The maximum absolute atomic E-state index is 8.06. The van der Waals surface area contributed by atoms with Crippen LogP contribution in [-0.2, 0) is 0 Å². The van der Waals surface area contributed by atoms with Crippen LogP contribution in [0.15, 0.2) is 0 Å². The van der Waals surface area contributed by atoms with Gasteiger partial charge in [-0.2, -0.15) is 0 Å². The van der Waals surface area contributed by atoms with Gasteiger partial charge in [0.1, 0.15) is 0 Å². The van der Waals surface area contributed by atoms with E-state index in [0.29, 0.717) is 0 Å². The molecule has 0 rings (SSSR count). The number of aliphatic hydroxyl groups is 1. The minimum absolute atomic E-state index is 0. The molecule has 0 spiro atoms. The van der Waals surface area contributed by atoms with E-state index in [0.717, 1.165) is 0 Å². The smallest absolute Gasteiger partial charge is 0.0483 e. The van der Waals surface area contributed by atoms with Gasteiger partial charge in [-0.25, -0.2) is 0 Å². The largest absolute Gasteiger partial charge is 0.394 e. The van der Waals surface area contributed by atoms with E-state index < -0.39 is 0 Å². The Balaban J connectivity index is 0. The Labute approximate surface area is 33.6 Å². The molecule has 31 valence electrons. The SMILES string of the molecule is CC(C)O.[CH]. The van der Waals surface area contributed by atoms with Gasteiger partial charge in [-0.3, -0.25) is 0 Å². The second kappa shape index (κ2) is 3.96. The molecular weight excluding hydrogens is 64.0 g/mol. The molecule has 5 heavy (non-hydrogen) atoms. The Morgan fingerprint density at radius 1 is 1.40 bits per heavy atom. The Kier molecular flexibility index (Phi) is 7.03. The van der Waals surface area contributed by atoms with Crippen molar-refractivity contribution in [3.8, 4) is 0 Å². The molecule has 0 amide bonds. The minimum atomic E-state index is -0.167. The van der Waals surface area contributed by atoms with Crippen LogP contribution in [0.2, 0.25) is 0 Å². The van der Waals surface area contributed by atoms with Crippen molar-refractivity contribution in [1.82, 2.24) is 0 Å². The molecule has 3 radical (unpaired) electrons. The van der Waals surface area contributed by atoms with Crippen LogP contribution in [0, 0.1) is 7.43 Å². The summed E-state index contributed by atoms with van der Waals surface area (Å²) in [4.78, 5) is 0. The van der Waals surface area contributed by atoms with Crippen molar-refractivity contribution >= 4 is 0 Å². The van der Waals surface area contributed by atoms with Gasteiger partial charge in [-0.1, -0.05) is 0 Å². The second-order valence-electron chi connectivity index (χ2n) is 1.09. The summed E-state index contributed by atoms with van der Waals surface area (Å²) in [5, 5.41) is 8.06. The highest BCUT2D eigenvalue weighted by Crippen LogP contribution is 1.65. The third kappa shape index (κ3) is 9510. The Morgan fingerprint density at radius 3 is 1.40 bits per heavy atom. The number of hydrogen-bond acceptors (Lipinski definition) is 1. The van der Waals surface area contributed by atoms with E-state index in [4.69, 9.17) is 5.11 Å². The fourth-order valence-corrected chi connectivity index (χ4v) is 0. The normalized spacial score (nSPS) is 7.20. The lowest BCUT2D eigenvalue weighted by Gasteiger charge is -1.80. The maximum Gasteiger partial charge on any atom is 0.0483 e. The van der Waals surface area contributed by atoms with Gasteiger partial charge < -0.3 is 5.11 Å². The van der Waals surface area contributed by atoms with Crippen LogP contribution in [0.5, 0.6) is 0 Å². The summed E-state index contributed by atoms with van der Waals surface area (Å²) in [5.74, 6) is 0. The van der Waals surface area contributed by atoms with E-state index in [1.807, 2.05) is 0 Å². The molecule has 0 aromatic heterocycles. The number of hydrogen-bond donors (Lipinski definition) is 1. The Bertz CT molecular complexity index is 8.36. The van der Waals surface area contributed by atoms with Gasteiger partial charge in [0.05, 0.1) is 0 Å². The van der Waals surface area contributed by atoms with Crippen LogP contribution in [0.25, 0.3) is 0 Å². The fraction of sp³-hybridized carbons (Fsp3) is 0.750. The Hall–Kier alpha value is -0.0400. The number of aliphatic hydroxyl groups excluding tert-OH is 1. The molecular formula is C4H9O. The van der Waals surface area contributed by atoms with E-state index in [2.05, 4.69) is 0 Å². The molecule has 0 bridgehead atoms. The predicted octanol–water partition coefficient (Wildman–Crippen LogP) is 0.591. The summed E-state index contributed by atoms with van der Waals surface area (Å²) < 4.78 is 0. The molecule has 0 fully saturated rings. The monoisotopic (exact) mass is 73.1 g/mol. The first-order chi connectivity index (χ1) is 1.73. The lowest BCUT2D eigenvalue weighted by Crippen LogP contribution is -1.85. The van der Waals surface area contributed by atoms with E-state index in [1.54, 1.807) is 13.8 Å². The van der Waals surface area contributed by atoms with Gasteiger partial charge in [-0.05, 0) is 21.3 Å². The van der Waals surface area contributed by atoms with Crippen LogP contribution in [0.1, 0.15) is 13.8 Å². The van der Waals surface area contributed by atoms with Crippen LogP contribution >= 0.6 is 0 Å². The molecule has 0 unspecified atom stereocenters. The predicted molar refractivity (Wildman–Crippen MR) is 21.7 cm³/mol. The van der Waals surface area contributed by atoms with Gasteiger partial charge in [0.25, 0.3) is 0 Å². The van der Waals surface area contributed by atoms with Crippen molar-refractivity contribution in [2.45, 2.75) is 20.0 Å². The second-order valence-corrected chi connectivity index (χ2v) is 1.09. The summed E-state index contributed by atoms with van der Waals surface area (Å²) in [6.45, 7) is 3.44. The zero-order valence-corrected chi connectivity index (χ0v) is 3.60. The van der Waals surface area contributed by atoms with Crippen molar-refractivity contribution < 1.29 is 5.11 Å². The van der Waals surface area contributed by atoms with Crippen molar-refractivity contribution in [3.05, 3.63) is 7.43 Å². The van der Waals surface area contributed by atoms with E-state index in [1.165, 1.54) is 0 Å². The maximum atomic E-state index is 8.06. The third-order valence-corrected chi connectivity index (χ3v) is 0. The van der Waals surface area contributed by atoms with E-state index in [-0.39, 0.29) is 13.5 Å². The molecule has 1 heteroatoms. The first kappa shape index (κ1) is 8.88. The molecule has 0 aromatic carbocycles. The molecule has 0 saturated carbocycles. The van der Waals surface area contributed by atoms with Crippen molar-refractivity contribution in [2.75, 3.05) is 0 Å². The average molecular weight is 73.1 g/mol. The zero-order chi connectivity index (χ0) is 3.58. The lowest BCUT2D eigenvalue weighted by molar-refractivity contribution is 0.216. The molecule has 0 aliphatic rings. The first-order valence-electron chi connectivity index (χ1n) is 1.41. The minimum Gasteiger partial charge on any atom is -0.394 e. The molecule has 0 aliphatic heterocycles. The van der Waals surface area contributed by atoms with Crippen molar-refractivity contribution in [3.63, 3.8) is 0 Å². The first-order valence-corrected chi connectivity index (χ1v) is 1.41. The summed E-state index contributed by atoms with van der Waals surface area (Å²) in [7, 11) is 0. The topological polar surface area (TPSA) is 20.2 Å². The van der Waals surface area contributed by atoms with Crippen molar-refractivity contribution in [1.29, 1.82) is 0 Å². The highest BCUT2D eigenvalue weighted by atomic mass is 16.3. The lowest BCUT2D eigenvalue weighted by atomic mass is 10.5. The van der Waals surface area contributed by atoms with Crippen LogP contribution in [0.4, 0.5) is 0 Å². The van der Waals surface area contributed by atoms with Gasteiger partial charge in [-0.15, -0.1) is 0 Å². The fourth-order valence-electron chi connectivity index (χ4n) is 0. The Morgan fingerprint density at radius 2 is 1.40 bits per heavy atom. The molecule has 0 aromatic rings. The van der Waals surface area contributed by atoms with Crippen LogP contribution in [0.3, 0.4) is 0 Å². The van der Waals surface area contributed by atoms with Gasteiger partial charge >= 0.3 is 0 Å². The van der Waals surface area contributed by atoms with E-state index in [9.17, 15) is 0 Å². The molecule has 1 N–H and O–H groups in total. The van der Waals surface area contributed by atoms with E-state index >= 15 is 0 Å². The molecule has 1 nitrogen and oxygen atoms in total. The highest BCUT2D eigenvalue weighted by molar-refractivity contribution is 4.20. The summed E-state index contributed by atoms with van der Waals surface area (Å²) in [6.07, 6.45) is -0.167.